The van der Waals surface area contributed by atoms with Crippen LogP contribution in [0.2, 0.25) is 0 Å². The Balaban J connectivity index is 3.12. The molecule has 0 fully saturated rings. The van der Waals surface area contributed by atoms with E-state index in [1.165, 1.54) is 12.1 Å². The Bertz CT molecular complexity index is 264. The molecule has 0 saturated heterocycles. The standard InChI is InChI=1S/C10H11F/c1-3-8-5-6-10(11)9(4-2)7-8/h4-7H,2-3H2,1H3. The number of rotatable bonds is 2. The fourth-order valence-electron chi connectivity index (χ4n) is 0.970. The molecule has 11 heavy (non-hydrogen) atoms. The first-order chi connectivity index (χ1) is 5.27. The highest BCUT2D eigenvalue weighted by Crippen LogP contribution is 2.11. The average molecular weight is 150 g/mol. The molecular weight excluding hydrogens is 139 g/mol. The van der Waals surface area contributed by atoms with Gasteiger partial charge in [0.05, 0.1) is 0 Å². The molecule has 0 aliphatic carbocycles. The first-order valence-corrected chi connectivity index (χ1v) is 3.68. The minimum atomic E-state index is -0.197. The molecule has 58 valence electrons. The van der Waals surface area contributed by atoms with E-state index in [9.17, 15) is 4.39 Å². The van der Waals surface area contributed by atoms with Gasteiger partial charge >= 0.3 is 0 Å². The number of hydrogen-bond donors (Lipinski definition) is 0. The molecule has 1 aromatic rings. The molecule has 0 N–H and O–H groups in total. The van der Waals surface area contributed by atoms with Crippen LogP contribution >= 0.6 is 0 Å². The number of aryl methyl sites for hydroxylation is 1. The molecule has 0 aliphatic heterocycles. The van der Waals surface area contributed by atoms with Crippen molar-refractivity contribution in [3.63, 3.8) is 0 Å². The molecule has 0 bridgehead atoms. The van der Waals surface area contributed by atoms with Crippen LogP contribution < -0.4 is 0 Å². The molecule has 0 aliphatic rings. The van der Waals surface area contributed by atoms with Crippen molar-refractivity contribution < 1.29 is 4.39 Å². The highest BCUT2D eigenvalue weighted by atomic mass is 19.1. The monoisotopic (exact) mass is 150 g/mol. The summed E-state index contributed by atoms with van der Waals surface area (Å²) in [5.41, 5.74) is 1.73. The molecule has 1 aromatic carbocycles. The topological polar surface area (TPSA) is 0 Å². The van der Waals surface area contributed by atoms with Gasteiger partial charge in [-0.15, -0.1) is 0 Å². The smallest absolute Gasteiger partial charge is 0.130 e. The van der Waals surface area contributed by atoms with Crippen LogP contribution in [0.5, 0.6) is 0 Å². The van der Waals surface area contributed by atoms with Crippen molar-refractivity contribution in [1.82, 2.24) is 0 Å². The second kappa shape index (κ2) is 3.33. The van der Waals surface area contributed by atoms with Crippen LogP contribution in [0.1, 0.15) is 18.1 Å². The highest BCUT2D eigenvalue weighted by molar-refractivity contribution is 5.48. The lowest BCUT2D eigenvalue weighted by molar-refractivity contribution is 0.624. The summed E-state index contributed by atoms with van der Waals surface area (Å²) in [6.07, 6.45) is 2.47. The Hall–Kier alpha value is -1.11. The maximum absolute atomic E-state index is 12.8. The Kier molecular flexibility index (Phi) is 2.42. The molecule has 0 unspecified atom stereocenters. The van der Waals surface area contributed by atoms with E-state index in [-0.39, 0.29) is 5.82 Å². The fourth-order valence-corrected chi connectivity index (χ4v) is 0.970. The van der Waals surface area contributed by atoms with E-state index >= 15 is 0 Å². The predicted octanol–water partition coefficient (Wildman–Crippen LogP) is 3.03. The largest absolute Gasteiger partial charge is 0.206 e. The van der Waals surface area contributed by atoms with Gasteiger partial charge in [-0.25, -0.2) is 4.39 Å². The zero-order valence-electron chi connectivity index (χ0n) is 6.60. The quantitative estimate of drug-likeness (QED) is 0.607. The van der Waals surface area contributed by atoms with Gasteiger partial charge in [0.25, 0.3) is 0 Å². The number of hydrogen-bond acceptors (Lipinski definition) is 0. The van der Waals surface area contributed by atoms with Crippen LogP contribution in [0.25, 0.3) is 6.08 Å². The van der Waals surface area contributed by atoms with Crippen molar-refractivity contribution >= 4 is 6.08 Å². The van der Waals surface area contributed by atoms with Gasteiger partial charge in [0, 0.05) is 5.56 Å². The van der Waals surface area contributed by atoms with E-state index in [2.05, 4.69) is 6.58 Å². The van der Waals surface area contributed by atoms with Crippen LogP contribution in [0.4, 0.5) is 4.39 Å². The van der Waals surface area contributed by atoms with Crippen molar-refractivity contribution in [2.24, 2.45) is 0 Å². The van der Waals surface area contributed by atoms with Gasteiger partial charge in [-0.05, 0) is 24.1 Å². The third-order valence-corrected chi connectivity index (χ3v) is 1.69. The van der Waals surface area contributed by atoms with Gasteiger partial charge in [-0.3, -0.25) is 0 Å². The van der Waals surface area contributed by atoms with Gasteiger partial charge < -0.3 is 0 Å². The summed E-state index contributed by atoms with van der Waals surface area (Å²) in [6.45, 7) is 5.57. The molecular formula is C10H11F. The van der Waals surface area contributed by atoms with Crippen LogP contribution in [0, 0.1) is 5.82 Å². The summed E-state index contributed by atoms with van der Waals surface area (Å²) in [6, 6.07) is 5.10. The predicted molar refractivity (Wildman–Crippen MR) is 45.9 cm³/mol. The maximum Gasteiger partial charge on any atom is 0.130 e. The third-order valence-electron chi connectivity index (χ3n) is 1.69. The maximum atomic E-state index is 12.8. The second-order valence-corrected chi connectivity index (χ2v) is 2.41. The van der Waals surface area contributed by atoms with Gasteiger partial charge in [-0.2, -0.15) is 0 Å². The molecule has 0 radical (unpaired) electrons. The van der Waals surface area contributed by atoms with Crippen LogP contribution in [0.15, 0.2) is 24.8 Å². The lowest BCUT2D eigenvalue weighted by Gasteiger charge is -1.99. The Morgan fingerprint density at radius 2 is 2.27 bits per heavy atom. The molecule has 1 rings (SSSR count). The summed E-state index contributed by atoms with van der Waals surface area (Å²) in [7, 11) is 0. The van der Waals surface area contributed by atoms with Gasteiger partial charge in [-0.1, -0.05) is 25.6 Å². The Labute approximate surface area is 66.4 Å². The van der Waals surface area contributed by atoms with E-state index in [0.29, 0.717) is 5.56 Å². The second-order valence-electron chi connectivity index (χ2n) is 2.41. The summed E-state index contributed by atoms with van der Waals surface area (Å²) in [5.74, 6) is -0.197. The molecule has 0 aromatic heterocycles. The Morgan fingerprint density at radius 1 is 1.55 bits per heavy atom. The molecule has 0 nitrogen and oxygen atoms in total. The normalized spacial score (nSPS) is 9.64. The molecule has 0 spiro atoms. The van der Waals surface area contributed by atoms with E-state index in [1.807, 2.05) is 13.0 Å². The Morgan fingerprint density at radius 3 is 2.82 bits per heavy atom. The summed E-state index contributed by atoms with van der Waals surface area (Å²) in [5, 5.41) is 0. The lowest BCUT2D eigenvalue weighted by atomic mass is 10.1. The number of benzene rings is 1. The van der Waals surface area contributed by atoms with Crippen LogP contribution in [-0.2, 0) is 6.42 Å². The van der Waals surface area contributed by atoms with Crippen molar-refractivity contribution in [3.05, 3.63) is 41.7 Å². The highest BCUT2D eigenvalue weighted by Gasteiger charge is 1.97. The van der Waals surface area contributed by atoms with E-state index in [4.69, 9.17) is 0 Å². The third kappa shape index (κ3) is 1.67. The first-order valence-electron chi connectivity index (χ1n) is 3.68. The zero-order valence-corrected chi connectivity index (χ0v) is 6.60. The van der Waals surface area contributed by atoms with Crippen LogP contribution in [0.3, 0.4) is 0 Å². The SMILES string of the molecule is C=Cc1cc(CC)ccc1F. The first kappa shape index (κ1) is 7.99. The average Bonchev–Trinajstić information content (AvgIpc) is 2.05. The van der Waals surface area contributed by atoms with Gasteiger partial charge in [0.2, 0.25) is 0 Å². The molecule has 0 heterocycles. The minimum absolute atomic E-state index is 0.197. The minimum Gasteiger partial charge on any atom is -0.206 e. The number of halogens is 1. The van der Waals surface area contributed by atoms with Crippen molar-refractivity contribution in [2.45, 2.75) is 13.3 Å². The summed E-state index contributed by atoms with van der Waals surface area (Å²) < 4.78 is 12.8. The lowest BCUT2D eigenvalue weighted by Crippen LogP contribution is -1.85. The molecule has 0 saturated carbocycles. The van der Waals surface area contributed by atoms with E-state index in [1.54, 1.807) is 6.07 Å². The summed E-state index contributed by atoms with van der Waals surface area (Å²) >= 11 is 0. The van der Waals surface area contributed by atoms with Crippen molar-refractivity contribution in [3.8, 4) is 0 Å². The van der Waals surface area contributed by atoms with Crippen LogP contribution in [-0.4, -0.2) is 0 Å². The fraction of sp³-hybridized carbons (Fsp3) is 0.200. The van der Waals surface area contributed by atoms with Gasteiger partial charge in [0.15, 0.2) is 0 Å². The molecule has 0 amide bonds. The van der Waals surface area contributed by atoms with E-state index < -0.39 is 0 Å². The molecule has 1 heteroatoms. The van der Waals surface area contributed by atoms with Crippen molar-refractivity contribution in [2.75, 3.05) is 0 Å². The molecule has 0 atom stereocenters. The summed E-state index contributed by atoms with van der Waals surface area (Å²) in [4.78, 5) is 0. The van der Waals surface area contributed by atoms with Crippen molar-refractivity contribution in [1.29, 1.82) is 0 Å². The zero-order chi connectivity index (χ0) is 8.27. The van der Waals surface area contributed by atoms with E-state index in [0.717, 1.165) is 12.0 Å². The van der Waals surface area contributed by atoms with Gasteiger partial charge in [0.1, 0.15) is 5.82 Å².